The number of sulfone groups is 1. The Balaban J connectivity index is 1.92. The second kappa shape index (κ2) is 8.71. The summed E-state index contributed by atoms with van der Waals surface area (Å²) in [6, 6.07) is 5.82. The zero-order valence-electron chi connectivity index (χ0n) is 18.1. The van der Waals surface area contributed by atoms with E-state index in [1.807, 2.05) is 0 Å². The highest BCUT2D eigenvalue weighted by atomic mass is 32.2. The Morgan fingerprint density at radius 2 is 1.90 bits per heavy atom. The molecule has 0 radical (unpaired) electrons. The van der Waals surface area contributed by atoms with Crippen LogP contribution in [0, 0.1) is 13.8 Å². The van der Waals surface area contributed by atoms with Crippen LogP contribution in [0.1, 0.15) is 47.9 Å². The standard InChI is InChI=1S/C20H28N4O5S2/c1-5-23(6-2)31(28,29)17-8-7-14(3)18(12-17)20(25)21-19-11-15(4)22-24(19)16-9-10-30(26,27)13-16/h7-8,11-12,16H,5-6,9-10,13H2,1-4H3,(H,21,25). The topological polar surface area (TPSA) is 118 Å². The molecule has 170 valence electrons. The van der Waals surface area contributed by atoms with E-state index in [4.69, 9.17) is 0 Å². The third-order valence-electron chi connectivity index (χ3n) is 5.45. The van der Waals surface area contributed by atoms with Crippen LogP contribution in [-0.4, -0.2) is 61.4 Å². The van der Waals surface area contributed by atoms with Gasteiger partial charge in [-0.1, -0.05) is 19.9 Å². The second-order valence-electron chi connectivity index (χ2n) is 7.69. The van der Waals surface area contributed by atoms with Crippen LogP contribution in [-0.2, 0) is 19.9 Å². The van der Waals surface area contributed by atoms with E-state index in [0.29, 0.717) is 36.6 Å². The fourth-order valence-electron chi connectivity index (χ4n) is 3.76. The molecule has 1 fully saturated rings. The Kier molecular flexibility index (Phi) is 6.59. The van der Waals surface area contributed by atoms with Crippen molar-refractivity contribution in [2.75, 3.05) is 29.9 Å². The molecule has 1 aromatic carbocycles. The van der Waals surface area contributed by atoms with Gasteiger partial charge in [0.1, 0.15) is 5.82 Å². The van der Waals surface area contributed by atoms with Gasteiger partial charge in [-0.2, -0.15) is 9.40 Å². The first-order valence-corrected chi connectivity index (χ1v) is 13.4. The molecule has 2 aromatic rings. The highest BCUT2D eigenvalue weighted by molar-refractivity contribution is 7.91. The van der Waals surface area contributed by atoms with E-state index in [0.717, 1.165) is 0 Å². The minimum Gasteiger partial charge on any atom is -0.307 e. The van der Waals surface area contributed by atoms with Gasteiger partial charge < -0.3 is 5.32 Å². The average molecular weight is 469 g/mol. The van der Waals surface area contributed by atoms with E-state index in [1.54, 1.807) is 44.5 Å². The summed E-state index contributed by atoms with van der Waals surface area (Å²) in [6.45, 7) is 7.67. The quantitative estimate of drug-likeness (QED) is 0.665. The number of benzene rings is 1. The summed E-state index contributed by atoms with van der Waals surface area (Å²) in [5.74, 6) is -0.0146. The number of nitrogens with one attached hydrogen (secondary N) is 1. The monoisotopic (exact) mass is 468 g/mol. The van der Waals surface area contributed by atoms with Crippen LogP contribution in [0.3, 0.4) is 0 Å². The van der Waals surface area contributed by atoms with Gasteiger partial charge in [0.2, 0.25) is 10.0 Å². The molecule has 1 unspecified atom stereocenters. The Labute approximate surface area is 183 Å². The van der Waals surface area contributed by atoms with Crippen molar-refractivity contribution >= 4 is 31.6 Å². The molecule has 1 N–H and O–H groups in total. The van der Waals surface area contributed by atoms with E-state index in [2.05, 4.69) is 10.4 Å². The van der Waals surface area contributed by atoms with Gasteiger partial charge >= 0.3 is 0 Å². The Hall–Kier alpha value is -2.24. The van der Waals surface area contributed by atoms with Crippen LogP contribution in [0.5, 0.6) is 0 Å². The molecule has 1 aliphatic heterocycles. The maximum atomic E-state index is 13.0. The maximum absolute atomic E-state index is 13.0. The lowest BCUT2D eigenvalue weighted by atomic mass is 10.1. The Bertz CT molecular complexity index is 1200. The maximum Gasteiger partial charge on any atom is 0.257 e. The smallest absolute Gasteiger partial charge is 0.257 e. The van der Waals surface area contributed by atoms with Gasteiger partial charge in [0, 0.05) is 24.7 Å². The minimum atomic E-state index is -3.71. The fraction of sp³-hybridized carbons (Fsp3) is 0.500. The molecule has 0 aliphatic carbocycles. The van der Waals surface area contributed by atoms with Crippen LogP contribution in [0.4, 0.5) is 5.82 Å². The van der Waals surface area contributed by atoms with Crippen molar-refractivity contribution in [3.63, 3.8) is 0 Å². The Morgan fingerprint density at radius 1 is 1.23 bits per heavy atom. The van der Waals surface area contributed by atoms with Crippen molar-refractivity contribution in [1.82, 2.24) is 14.1 Å². The molecule has 11 heteroatoms. The summed E-state index contributed by atoms with van der Waals surface area (Å²) in [5.41, 5.74) is 1.51. The van der Waals surface area contributed by atoms with E-state index in [-0.39, 0.29) is 28.0 Å². The first kappa shape index (κ1) is 23.4. The molecule has 1 aromatic heterocycles. The van der Waals surface area contributed by atoms with Gasteiger partial charge in [-0.05, 0) is 38.0 Å². The number of aryl methyl sites for hydroxylation is 2. The molecule has 2 heterocycles. The first-order valence-electron chi connectivity index (χ1n) is 10.2. The molecule has 0 bridgehead atoms. The van der Waals surface area contributed by atoms with Crippen molar-refractivity contribution < 1.29 is 21.6 Å². The van der Waals surface area contributed by atoms with E-state index in [1.165, 1.54) is 16.4 Å². The SMILES string of the molecule is CCN(CC)S(=O)(=O)c1ccc(C)c(C(=O)Nc2cc(C)nn2C2CCS(=O)(=O)C2)c1. The number of hydrogen-bond donors (Lipinski definition) is 1. The molecule has 1 aliphatic rings. The molecule has 1 amide bonds. The molecular formula is C20H28N4O5S2. The van der Waals surface area contributed by atoms with Gasteiger partial charge in [-0.25, -0.2) is 21.5 Å². The highest BCUT2D eigenvalue weighted by Crippen LogP contribution is 2.28. The fourth-order valence-corrected chi connectivity index (χ4v) is 6.94. The van der Waals surface area contributed by atoms with E-state index >= 15 is 0 Å². The molecule has 0 spiro atoms. The molecular weight excluding hydrogens is 440 g/mol. The number of hydrogen-bond acceptors (Lipinski definition) is 6. The molecule has 1 atom stereocenters. The normalized spacial score (nSPS) is 18.4. The van der Waals surface area contributed by atoms with Crippen LogP contribution < -0.4 is 5.32 Å². The van der Waals surface area contributed by atoms with Gasteiger partial charge in [0.15, 0.2) is 9.84 Å². The number of amides is 1. The van der Waals surface area contributed by atoms with Crippen LogP contribution in [0.2, 0.25) is 0 Å². The average Bonchev–Trinajstić information content (AvgIpc) is 3.23. The number of carbonyl (C=O) groups is 1. The van der Waals surface area contributed by atoms with Crippen molar-refractivity contribution in [2.24, 2.45) is 0 Å². The van der Waals surface area contributed by atoms with Gasteiger partial charge in [0.25, 0.3) is 5.91 Å². The second-order valence-corrected chi connectivity index (χ2v) is 11.9. The number of aromatic nitrogens is 2. The highest BCUT2D eigenvalue weighted by Gasteiger charge is 2.31. The van der Waals surface area contributed by atoms with Crippen molar-refractivity contribution in [3.8, 4) is 0 Å². The van der Waals surface area contributed by atoms with Gasteiger partial charge in [0.05, 0.1) is 28.1 Å². The van der Waals surface area contributed by atoms with Crippen LogP contribution in [0.25, 0.3) is 0 Å². The van der Waals surface area contributed by atoms with Crippen molar-refractivity contribution in [1.29, 1.82) is 0 Å². The van der Waals surface area contributed by atoms with Crippen molar-refractivity contribution in [3.05, 3.63) is 41.1 Å². The third-order valence-corrected chi connectivity index (χ3v) is 9.25. The van der Waals surface area contributed by atoms with Crippen molar-refractivity contribution in [2.45, 2.75) is 45.1 Å². The zero-order chi connectivity index (χ0) is 23.0. The summed E-state index contributed by atoms with van der Waals surface area (Å²) in [7, 11) is -6.83. The lowest BCUT2D eigenvalue weighted by Gasteiger charge is -2.19. The van der Waals surface area contributed by atoms with E-state index < -0.39 is 25.8 Å². The van der Waals surface area contributed by atoms with Crippen LogP contribution in [0.15, 0.2) is 29.2 Å². The predicted molar refractivity (Wildman–Crippen MR) is 119 cm³/mol. The van der Waals surface area contributed by atoms with E-state index in [9.17, 15) is 21.6 Å². The summed E-state index contributed by atoms with van der Waals surface area (Å²) < 4.78 is 52.3. The molecule has 3 rings (SSSR count). The largest absolute Gasteiger partial charge is 0.307 e. The predicted octanol–water partition coefficient (Wildman–Crippen LogP) is 2.14. The molecule has 0 saturated carbocycles. The lowest BCUT2D eigenvalue weighted by Crippen LogP contribution is -2.31. The summed E-state index contributed by atoms with van der Waals surface area (Å²) in [5, 5.41) is 7.15. The summed E-state index contributed by atoms with van der Waals surface area (Å²) >= 11 is 0. The third kappa shape index (κ3) is 4.83. The summed E-state index contributed by atoms with van der Waals surface area (Å²) in [6.07, 6.45) is 0.433. The lowest BCUT2D eigenvalue weighted by molar-refractivity contribution is 0.102. The number of anilines is 1. The summed E-state index contributed by atoms with van der Waals surface area (Å²) in [4.78, 5) is 13.1. The number of rotatable bonds is 7. The number of nitrogens with zero attached hydrogens (tertiary/aromatic N) is 3. The number of carbonyl (C=O) groups excluding carboxylic acids is 1. The van der Waals surface area contributed by atoms with Gasteiger partial charge in [-0.3, -0.25) is 4.79 Å². The molecule has 1 saturated heterocycles. The molecule has 31 heavy (non-hydrogen) atoms. The van der Waals surface area contributed by atoms with Gasteiger partial charge in [-0.15, -0.1) is 0 Å². The molecule has 9 nitrogen and oxygen atoms in total. The number of sulfonamides is 1. The Morgan fingerprint density at radius 3 is 2.48 bits per heavy atom. The van der Waals surface area contributed by atoms with Crippen LogP contribution >= 0.6 is 0 Å². The minimum absolute atomic E-state index is 0.0202. The zero-order valence-corrected chi connectivity index (χ0v) is 19.8. The first-order chi connectivity index (χ1) is 14.5.